The highest BCUT2D eigenvalue weighted by atomic mass is 19.1. The van der Waals surface area contributed by atoms with Gasteiger partial charge in [0.2, 0.25) is 5.91 Å². The van der Waals surface area contributed by atoms with E-state index < -0.39 is 5.82 Å². The van der Waals surface area contributed by atoms with Crippen LogP contribution in [0.2, 0.25) is 0 Å². The van der Waals surface area contributed by atoms with Gasteiger partial charge < -0.3 is 20.7 Å². The third-order valence-electron chi connectivity index (χ3n) is 2.81. The van der Waals surface area contributed by atoms with Crippen LogP contribution in [0.15, 0.2) is 18.2 Å². The van der Waals surface area contributed by atoms with Gasteiger partial charge in [0.15, 0.2) is 0 Å². The first kappa shape index (κ1) is 16.4. The molecule has 0 aliphatic rings. The average molecular weight is 283 g/mol. The molecule has 0 heterocycles. The van der Waals surface area contributed by atoms with E-state index in [0.717, 1.165) is 6.54 Å². The smallest absolute Gasteiger partial charge is 0.225 e. The molecular formula is C14H22FN3O2. The van der Waals surface area contributed by atoms with Crippen molar-refractivity contribution in [3.8, 4) is 0 Å². The molecule has 0 aromatic heterocycles. The molecule has 3 N–H and O–H groups in total. The van der Waals surface area contributed by atoms with E-state index in [1.54, 1.807) is 0 Å². The van der Waals surface area contributed by atoms with Crippen molar-refractivity contribution < 1.29 is 13.9 Å². The zero-order chi connectivity index (χ0) is 15.0. The molecule has 1 aromatic carbocycles. The van der Waals surface area contributed by atoms with Gasteiger partial charge in [0.1, 0.15) is 5.82 Å². The van der Waals surface area contributed by atoms with Crippen molar-refractivity contribution in [1.29, 1.82) is 0 Å². The molecule has 1 aromatic rings. The predicted octanol–water partition coefficient (Wildman–Crippen LogP) is 1.70. The Morgan fingerprint density at radius 1 is 1.45 bits per heavy atom. The van der Waals surface area contributed by atoms with Crippen LogP contribution < -0.4 is 11.1 Å². The van der Waals surface area contributed by atoms with Crippen LogP contribution in [0.25, 0.3) is 0 Å². The quantitative estimate of drug-likeness (QED) is 0.563. The van der Waals surface area contributed by atoms with Gasteiger partial charge in [0, 0.05) is 31.8 Å². The Kier molecular flexibility index (Phi) is 6.97. The molecule has 0 aliphatic heterocycles. The van der Waals surface area contributed by atoms with E-state index in [1.165, 1.54) is 18.2 Å². The number of likely N-dealkylation sites (N-methyl/N-ethyl adjacent to an activating group) is 1. The van der Waals surface area contributed by atoms with Gasteiger partial charge in [-0.25, -0.2) is 4.39 Å². The third kappa shape index (κ3) is 5.99. The molecule has 20 heavy (non-hydrogen) atoms. The van der Waals surface area contributed by atoms with Gasteiger partial charge in [0.25, 0.3) is 0 Å². The number of nitrogens with one attached hydrogen (secondary N) is 1. The van der Waals surface area contributed by atoms with Gasteiger partial charge in [-0.1, -0.05) is 0 Å². The molecule has 1 rings (SSSR count). The molecule has 1 amide bonds. The number of anilines is 2. The highest BCUT2D eigenvalue weighted by molar-refractivity contribution is 5.91. The minimum Gasteiger partial charge on any atom is -0.399 e. The number of nitrogens with two attached hydrogens (primary N) is 1. The van der Waals surface area contributed by atoms with Crippen LogP contribution in [0.4, 0.5) is 15.8 Å². The first-order chi connectivity index (χ1) is 9.52. The van der Waals surface area contributed by atoms with Gasteiger partial charge in [-0.3, -0.25) is 4.79 Å². The highest BCUT2D eigenvalue weighted by Gasteiger charge is 2.08. The fourth-order valence-corrected chi connectivity index (χ4v) is 1.62. The van der Waals surface area contributed by atoms with Crippen LogP contribution >= 0.6 is 0 Å². The highest BCUT2D eigenvalue weighted by Crippen LogP contribution is 2.17. The lowest BCUT2D eigenvalue weighted by atomic mass is 10.2. The van der Waals surface area contributed by atoms with Crippen molar-refractivity contribution in [3.05, 3.63) is 24.0 Å². The van der Waals surface area contributed by atoms with Crippen molar-refractivity contribution in [1.82, 2.24) is 4.90 Å². The largest absolute Gasteiger partial charge is 0.399 e. The number of nitrogens with zero attached hydrogens (tertiary/aromatic N) is 1. The zero-order valence-electron chi connectivity index (χ0n) is 12.0. The van der Waals surface area contributed by atoms with Crippen LogP contribution in [0.5, 0.6) is 0 Å². The molecule has 0 bridgehead atoms. The van der Waals surface area contributed by atoms with E-state index in [4.69, 9.17) is 10.5 Å². The number of halogens is 1. The Bertz CT molecular complexity index is 440. The lowest BCUT2D eigenvalue weighted by molar-refractivity contribution is -0.116. The molecule has 112 valence electrons. The van der Waals surface area contributed by atoms with Gasteiger partial charge in [0.05, 0.1) is 12.3 Å². The SMILES string of the molecule is CCOCCN(C)CCC(=O)Nc1cc(N)ccc1F. The molecule has 0 fully saturated rings. The summed E-state index contributed by atoms with van der Waals surface area (Å²) in [5.41, 5.74) is 6.08. The molecule has 0 atom stereocenters. The van der Waals surface area contributed by atoms with Gasteiger partial charge in [-0.2, -0.15) is 0 Å². The average Bonchev–Trinajstić information content (AvgIpc) is 2.41. The summed E-state index contributed by atoms with van der Waals surface area (Å²) in [7, 11) is 1.91. The number of carbonyl (C=O) groups excluding carboxylic acids is 1. The summed E-state index contributed by atoms with van der Waals surface area (Å²) in [5, 5.41) is 2.52. The summed E-state index contributed by atoms with van der Waals surface area (Å²) in [6, 6.07) is 4.09. The van der Waals surface area contributed by atoms with Crippen molar-refractivity contribution in [2.24, 2.45) is 0 Å². The fraction of sp³-hybridized carbons (Fsp3) is 0.500. The third-order valence-corrected chi connectivity index (χ3v) is 2.81. The number of benzene rings is 1. The predicted molar refractivity (Wildman–Crippen MR) is 78.0 cm³/mol. The van der Waals surface area contributed by atoms with Crippen molar-refractivity contribution in [2.75, 3.05) is 44.4 Å². The number of nitrogen functional groups attached to an aromatic ring is 1. The van der Waals surface area contributed by atoms with Crippen LogP contribution in [0.1, 0.15) is 13.3 Å². The van der Waals surface area contributed by atoms with Crippen LogP contribution in [-0.2, 0) is 9.53 Å². The summed E-state index contributed by atoms with van der Waals surface area (Å²) in [5.74, 6) is -0.727. The maximum Gasteiger partial charge on any atom is 0.225 e. The molecule has 6 heteroatoms. The number of amides is 1. The maximum absolute atomic E-state index is 13.4. The molecule has 0 aliphatic carbocycles. The molecule has 0 spiro atoms. The second-order valence-electron chi connectivity index (χ2n) is 4.54. The second kappa shape index (κ2) is 8.50. The van der Waals surface area contributed by atoms with E-state index in [1.807, 2.05) is 18.9 Å². The number of ether oxygens (including phenoxy) is 1. The van der Waals surface area contributed by atoms with E-state index in [9.17, 15) is 9.18 Å². The maximum atomic E-state index is 13.4. The Hall–Kier alpha value is -1.66. The lowest BCUT2D eigenvalue weighted by Crippen LogP contribution is -2.27. The Morgan fingerprint density at radius 2 is 2.20 bits per heavy atom. The van der Waals surface area contributed by atoms with Crippen LogP contribution in [-0.4, -0.2) is 44.2 Å². The van der Waals surface area contributed by atoms with E-state index >= 15 is 0 Å². The lowest BCUT2D eigenvalue weighted by Gasteiger charge is -2.16. The summed E-state index contributed by atoms with van der Waals surface area (Å²) in [4.78, 5) is 13.7. The monoisotopic (exact) mass is 283 g/mol. The number of rotatable bonds is 8. The minimum absolute atomic E-state index is 0.118. The van der Waals surface area contributed by atoms with Gasteiger partial charge >= 0.3 is 0 Å². The van der Waals surface area contributed by atoms with Crippen molar-refractivity contribution >= 4 is 17.3 Å². The molecule has 0 saturated carbocycles. The summed E-state index contributed by atoms with van der Waals surface area (Å²) in [6.45, 7) is 4.60. The first-order valence-corrected chi connectivity index (χ1v) is 6.64. The Balaban J connectivity index is 2.34. The minimum atomic E-state index is -0.489. The van der Waals surface area contributed by atoms with E-state index in [0.29, 0.717) is 25.4 Å². The number of hydrogen-bond donors (Lipinski definition) is 2. The Labute approximate surface area is 118 Å². The van der Waals surface area contributed by atoms with Crippen LogP contribution in [0.3, 0.4) is 0 Å². The Morgan fingerprint density at radius 3 is 2.90 bits per heavy atom. The van der Waals surface area contributed by atoms with E-state index in [-0.39, 0.29) is 18.0 Å². The molecule has 0 saturated heterocycles. The summed E-state index contributed by atoms with van der Waals surface area (Å²) < 4.78 is 18.7. The normalized spacial score (nSPS) is 10.8. The zero-order valence-corrected chi connectivity index (χ0v) is 12.0. The molecule has 5 nitrogen and oxygen atoms in total. The van der Waals surface area contributed by atoms with E-state index in [2.05, 4.69) is 5.32 Å². The molecule has 0 radical (unpaired) electrons. The second-order valence-corrected chi connectivity index (χ2v) is 4.54. The molecule has 0 unspecified atom stereocenters. The summed E-state index contributed by atoms with van der Waals surface area (Å²) >= 11 is 0. The standard InChI is InChI=1S/C14H22FN3O2/c1-3-20-9-8-18(2)7-6-14(19)17-13-10-11(16)4-5-12(13)15/h4-5,10H,3,6-9,16H2,1-2H3,(H,17,19). The van der Waals surface area contributed by atoms with Gasteiger partial charge in [-0.15, -0.1) is 0 Å². The van der Waals surface area contributed by atoms with Crippen molar-refractivity contribution in [2.45, 2.75) is 13.3 Å². The molecular weight excluding hydrogens is 261 g/mol. The first-order valence-electron chi connectivity index (χ1n) is 6.64. The van der Waals surface area contributed by atoms with Crippen molar-refractivity contribution in [3.63, 3.8) is 0 Å². The number of hydrogen-bond acceptors (Lipinski definition) is 4. The van der Waals surface area contributed by atoms with Crippen LogP contribution in [0, 0.1) is 5.82 Å². The van der Waals surface area contributed by atoms with Gasteiger partial charge in [-0.05, 0) is 32.2 Å². The summed E-state index contributed by atoms with van der Waals surface area (Å²) in [6.07, 6.45) is 0.289. The number of carbonyl (C=O) groups is 1. The fourth-order valence-electron chi connectivity index (χ4n) is 1.62. The topological polar surface area (TPSA) is 67.6 Å².